The van der Waals surface area contributed by atoms with Gasteiger partial charge in [0.2, 0.25) is 0 Å². The summed E-state index contributed by atoms with van der Waals surface area (Å²) in [4.78, 5) is 0. The van der Waals surface area contributed by atoms with Gasteiger partial charge in [-0.3, -0.25) is 0 Å². The van der Waals surface area contributed by atoms with Gasteiger partial charge in [-0.2, -0.15) is 0 Å². The van der Waals surface area contributed by atoms with E-state index in [4.69, 9.17) is 0 Å². The molecule has 49 heavy (non-hydrogen) atoms. The topological polar surface area (TPSA) is 4.93 Å². The Morgan fingerprint density at radius 3 is 1.43 bits per heavy atom. The summed E-state index contributed by atoms with van der Waals surface area (Å²) in [7, 11) is 0. The lowest BCUT2D eigenvalue weighted by atomic mass is 9.84. The Balaban J connectivity index is 1.34. The van der Waals surface area contributed by atoms with Crippen molar-refractivity contribution in [1.29, 1.82) is 0 Å². The average molecular weight is 622 g/mol. The third-order valence-corrected chi connectivity index (χ3v) is 10.1. The first kappa shape index (κ1) is 27.7. The van der Waals surface area contributed by atoms with Gasteiger partial charge >= 0.3 is 0 Å². The molecule has 1 heterocycles. The molecular formula is C48H31N. The summed E-state index contributed by atoms with van der Waals surface area (Å²) >= 11 is 0. The molecule has 0 fully saturated rings. The zero-order valence-corrected chi connectivity index (χ0v) is 26.8. The fraction of sp³-hybridized carbons (Fsp3) is 0. The highest BCUT2D eigenvalue weighted by molar-refractivity contribution is 6.24. The number of fused-ring (bicyclic) bond motifs is 7. The summed E-state index contributed by atoms with van der Waals surface area (Å²) in [5.74, 6) is 0. The van der Waals surface area contributed by atoms with Gasteiger partial charge in [0.25, 0.3) is 0 Å². The predicted octanol–water partition coefficient (Wildman–Crippen LogP) is 13.2. The van der Waals surface area contributed by atoms with Gasteiger partial charge in [-0.15, -0.1) is 0 Å². The first-order valence-electron chi connectivity index (χ1n) is 17.0. The molecule has 0 bridgehead atoms. The minimum atomic E-state index is 1.17. The molecular weight excluding hydrogens is 591 g/mol. The lowest BCUT2D eigenvalue weighted by molar-refractivity contribution is 1.19. The van der Waals surface area contributed by atoms with Crippen molar-refractivity contribution in [2.75, 3.05) is 0 Å². The maximum Gasteiger partial charge on any atom is 0.0619 e. The van der Waals surface area contributed by atoms with Crippen LogP contribution in [0.5, 0.6) is 0 Å². The molecule has 0 spiro atoms. The first-order valence-corrected chi connectivity index (χ1v) is 17.0. The third-order valence-electron chi connectivity index (χ3n) is 10.1. The number of hydrogen-bond acceptors (Lipinski definition) is 0. The van der Waals surface area contributed by atoms with Crippen LogP contribution in [0.15, 0.2) is 188 Å². The Kier molecular flexibility index (Phi) is 6.25. The van der Waals surface area contributed by atoms with Crippen LogP contribution in [-0.4, -0.2) is 4.57 Å². The van der Waals surface area contributed by atoms with Crippen LogP contribution in [-0.2, 0) is 0 Å². The van der Waals surface area contributed by atoms with Crippen molar-refractivity contribution in [3.8, 4) is 39.1 Å². The monoisotopic (exact) mass is 621 g/mol. The van der Waals surface area contributed by atoms with Crippen LogP contribution in [0.2, 0.25) is 0 Å². The van der Waals surface area contributed by atoms with Gasteiger partial charge < -0.3 is 4.57 Å². The van der Waals surface area contributed by atoms with Gasteiger partial charge in [-0.05, 0) is 90.6 Å². The highest BCUT2D eigenvalue weighted by Gasteiger charge is 2.20. The van der Waals surface area contributed by atoms with Crippen molar-refractivity contribution < 1.29 is 0 Å². The van der Waals surface area contributed by atoms with Crippen LogP contribution in [0.4, 0.5) is 0 Å². The molecule has 0 aliphatic rings. The second kappa shape index (κ2) is 11.1. The molecule has 0 aliphatic carbocycles. The second-order valence-corrected chi connectivity index (χ2v) is 12.8. The highest BCUT2D eigenvalue weighted by atomic mass is 15.0. The number of benzene rings is 9. The van der Waals surface area contributed by atoms with E-state index < -0.39 is 0 Å². The van der Waals surface area contributed by atoms with Gasteiger partial charge in [0.15, 0.2) is 0 Å². The van der Waals surface area contributed by atoms with Crippen molar-refractivity contribution in [1.82, 2.24) is 4.57 Å². The van der Waals surface area contributed by atoms with Gasteiger partial charge in [0.05, 0.1) is 11.0 Å². The Labute approximate surface area is 284 Å². The summed E-state index contributed by atoms with van der Waals surface area (Å²) in [6.45, 7) is 0. The molecule has 0 aliphatic heterocycles. The number of para-hydroxylation sites is 2. The number of hydrogen-bond donors (Lipinski definition) is 0. The number of nitrogens with zero attached hydrogens (tertiary/aromatic N) is 1. The largest absolute Gasteiger partial charge is 0.309 e. The molecule has 0 amide bonds. The van der Waals surface area contributed by atoms with Crippen molar-refractivity contribution in [2.24, 2.45) is 0 Å². The first-order chi connectivity index (χ1) is 24.3. The lowest BCUT2D eigenvalue weighted by Gasteiger charge is -2.19. The zero-order chi connectivity index (χ0) is 32.3. The molecule has 0 radical (unpaired) electrons. The van der Waals surface area contributed by atoms with E-state index in [-0.39, 0.29) is 0 Å². The van der Waals surface area contributed by atoms with Crippen molar-refractivity contribution in [3.63, 3.8) is 0 Å². The van der Waals surface area contributed by atoms with Crippen LogP contribution in [0.3, 0.4) is 0 Å². The van der Waals surface area contributed by atoms with E-state index in [1.807, 2.05) is 0 Å². The standard InChI is InChI=1S/C48H31N/c1-4-16-32(17-5-1)46-38-24-11-12-25-39(38)47(33-18-6-2-7-19-33)43-30-34(28-29-40(43)46)42-31-44-37-23-14-15-27-45(37)49(35-20-8-3-9-21-35)48(44)41-26-13-10-22-36(41)42/h1-31H. The molecule has 0 N–H and O–H groups in total. The van der Waals surface area contributed by atoms with Gasteiger partial charge in [0.1, 0.15) is 0 Å². The normalized spacial score (nSPS) is 11.7. The van der Waals surface area contributed by atoms with E-state index >= 15 is 0 Å². The maximum absolute atomic E-state index is 2.44. The molecule has 10 aromatic rings. The van der Waals surface area contributed by atoms with E-state index in [0.717, 1.165) is 0 Å². The van der Waals surface area contributed by atoms with Crippen molar-refractivity contribution >= 4 is 54.1 Å². The van der Waals surface area contributed by atoms with Gasteiger partial charge in [-0.25, -0.2) is 0 Å². The molecule has 0 saturated heterocycles. The van der Waals surface area contributed by atoms with Crippen LogP contribution in [0, 0.1) is 0 Å². The summed E-state index contributed by atoms with van der Waals surface area (Å²) in [5.41, 5.74) is 11.1. The molecule has 0 atom stereocenters. The predicted molar refractivity (Wildman–Crippen MR) is 210 cm³/mol. The smallest absolute Gasteiger partial charge is 0.0619 e. The van der Waals surface area contributed by atoms with E-state index in [2.05, 4.69) is 193 Å². The molecule has 0 saturated carbocycles. The van der Waals surface area contributed by atoms with E-state index in [0.29, 0.717) is 0 Å². The number of aromatic nitrogens is 1. The van der Waals surface area contributed by atoms with E-state index in [9.17, 15) is 0 Å². The highest BCUT2D eigenvalue weighted by Crippen LogP contribution is 2.46. The summed E-state index contributed by atoms with van der Waals surface area (Å²) in [6, 6.07) is 68.7. The van der Waals surface area contributed by atoms with Gasteiger partial charge in [0, 0.05) is 21.8 Å². The molecule has 1 heteroatoms. The molecule has 228 valence electrons. The quantitative estimate of drug-likeness (QED) is 0.172. The SMILES string of the molecule is c1ccc(-c2c3ccccc3c(-c3ccccc3)c3cc(-c4cc5c6ccccc6n(-c6ccccc6)c5c5ccccc45)ccc23)cc1. The fourth-order valence-electron chi connectivity index (χ4n) is 8.08. The summed E-state index contributed by atoms with van der Waals surface area (Å²) in [5, 5.41) is 10.1. The lowest BCUT2D eigenvalue weighted by Crippen LogP contribution is -1.95. The van der Waals surface area contributed by atoms with Crippen LogP contribution >= 0.6 is 0 Å². The van der Waals surface area contributed by atoms with E-state index in [1.54, 1.807) is 0 Å². The molecule has 0 unspecified atom stereocenters. The van der Waals surface area contributed by atoms with Crippen molar-refractivity contribution in [2.45, 2.75) is 0 Å². The second-order valence-electron chi connectivity index (χ2n) is 12.8. The zero-order valence-electron chi connectivity index (χ0n) is 26.8. The molecule has 9 aromatic carbocycles. The molecule has 1 aromatic heterocycles. The minimum Gasteiger partial charge on any atom is -0.309 e. The summed E-state index contributed by atoms with van der Waals surface area (Å²) in [6.07, 6.45) is 0. The molecule has 10 rings (SSSR count). The maximum atomic E-state index is 2.44. The Morgan fingerprint density at radius 1 is 0.286 bits per heavy atom. The van der Waals surface area contributed by atoms with Crippen LogP contribution < -0.4 is 0 Å². The average Bonchev–Trinajstić information content (AvgIpc) is 3.52. The molecule has 1 nitrogen and oxygen atoms in total. The minimum absolute atomic E-state index is 1.17. The third kappa shape index (κ3) is 4.26. The van der Waals surface area contributed by atoms with E-state index in [1.165, 1.54) is 93.2 Å². The fourth-order valence-corrected chi connectivity index (χ4v) is 8.08. The number of rotatable bonds is 4. The van der Waals surface area contributed by atoms with Crippen LogP contribution in [0.1, 0.15) is 0 Å². The summed E-state index contributed by atoms with van der Waals surface area (Å²) < 4.78 is 2.43. The Morgan fingerprint density at radius 2 is 0.776 bits per heavy atom. The Bertz CT molecular complexity index is 2850. The van der Waals surface area contributed by atoms with Crippen molar-refractivity contribution in [3.05, 3.63) is 188 Å². The Hall–Kier alpha value is -6.44. The van der Waals surface area contributed by atoms with Crippen LogP contribution in [0.25, 0.3) is 93.2 Å². The van der Waals surface area contributed by atoms with Gasteiger partial charge in [-0.1, -0.05) is 158 Å².